The summed E-state index contributed by atoms with van der Waals surface area (Å²) in [6.07, 6.45) is 2.49. The summed E-state index contributed by atoms with van der Waals surface area (Å²) in [7, 11) is 0. The summed E-state index contributed by atoms with van der Waals surface area (Å²) in [5, 5.41) is 0. The quantitative estimate of drug-likeness (QED) is 0.599. The average molecular weight is 389 g/mol. The van der Waals surface area contributed by atoms with E-state index in [1.165, 1.54) is 24.7 Å². The van der Waals surface area contributed by atoms with Gasteiger partial charge in [-0.05, 0) is 0 Å². The Morgan fingerprint density at radius 3 is 0.789 bits per heavy atom. The van der Waals surface area contributed by atoms with Gasteiger partial charge in [0.25, 0.3) is 0 Å². The standard InChI is InChI=1S/2C8H17.2ClH.Zr/c2*1-6-8(4,5)7(2)3;;;/h2*6H2,1-5H3;2*1H;/q2*-1;;;+4/p-2. The fourth-order valence-corrected chi connectivity index (χ4v) is 0.707. The summed E-state index contributed by atoms with van der Waals surface area (Å²) >= 11 is 0. The van der Waals surface area contributed by atoms with Gasteiger partial charge in [-0.3, -0.25) is 0 Å². The molecule has 0 aromatic heterocycles. The van der Waals surface area contributed by atoms with E-state index in [2.05, 4.69) is 69.2 Å². The minimum Gasteiger partial charge on any atom is -1.00 e. The van der Waals surface area contributed by atoms with Crippen molar-refractivity contribution >= 4 is 0 Å². The van der Waals surface area contributed by atoms with Crippen molar-refractivity contribution in [2.24, 2.45) is 10.8 Å². The predicted molar refractivity (Wildman–Crippen MR) is 77.3 cm³/mol. The van der Waals surface area contributed by atoms with E-state index in [4.69, 9.17) is 0 Å². The van der Waals surface area contributed by atoms with Crippen LogP contribution in [-0.2, 0) is 26.2 Å². The molecule has 0 bridgehead atoms. The van der Waals surface area contributed by atoms with Crippen LogP contribution in [0, 0.1) is 22.7 Å². The van der Waals surface area contributed by atoms with Crippen molar-refractivity contribution in [3.63, 3.8) is 0 Å². The van der Waals surface area contributed by atoms with Crippen molar-refractivity contribution < 1.29 is 51.0 Å². The molecule has 0 radical (unpaired) electrons. The fourth-order valence-electron chi connectivity index (χ4n) is 0.707. The number of halogens is 2. The third-order valence-corrected chi connectivity index (χ3v) is 4.47. The molecule has 0 aromatic rings. The molecule has 0 saturated carbocycles. The van der Waals surface area contributed by atoms with E-state index < -0.39 is 0 Å². The molecule has 0 amide bonds. The Balaban J connectivity index is -0.0000000594. The molecule has 0 atom stereocenters. The molecule has 0 fully saturated rings. The van der Waals surface area contributed by atoms with E-state index in [0.29, 0.717) is 10.8 Å². The van der Waals surface area contributed by atoms with Gasteiger partial charge in [-0.15, -0.1) is 0 Å². The predicted octanol–water partition coefficient (Wildman–Crippen LogP) is 0.0793. The summed E-state index contributed by atoms with van der Waals surface area (Å²) in [4.78, 5) is 0. The van der Waals surface area contributed by atoms with Gasteiger partial charge in [-0.25, -0.2) is 0 Å². The maximum Gasteiger partial charge on any atom is 4.00 e. The molecule has 0 aliphatic carbocycles. The smallest absolute Gasteiger partial charge is 1.00 e. The van der Waals surface area contributed by atoms with E-state index in [9.17, 15) is 0 Å². The maximum atomic E-state index is 2.28. The van der Waals surface area contributed by atoms with Crippen LogP contribution in [0.2, 0.25) is 0 Å². The second-order valence-corrected chi connectivity index (χ2v) is 6.47. The minimum atomic E-state index is 0. The van der Waals surface area contributed by atoms with Crippen LogP contribution in [0.5, 0.6) is 0 Å². The van der Waals surface area contributed by atoms with E-state index in [1.807, 2.05) is 0 Å². The molecule has 0 rings (SSSR count). The first-order chi connectivity index (χ1) is 7.01. The molecule has 0 aliphatic rings. The van der Waals surface area contributed by atoms with Gasteiger partial charge in [0.2, 0.25) is 0 Å². The van der Waals surface area contributed by atoms with E-state index in [1.54, 1.807) is 0 Å². The summed E-state index contributed by atoms with van der Waals surface area (Å²) in [5.41, 5.74) is 0.917. The number of hydrogen-bond donors (Lipinski definition) is 0. The van der Waals surface area contributed by atoms with Gasteiger partial charge in [-0.1, -0.05) is 54.4 Å². The van der Waals surface area contributed by atoms with Crippen molar-refractivity contribution in [1.29, 1.82) is 0 Å². The van der Waals surface area contributed by atoms with Gasteiger partial charge in [0.15, 0.2) is 0 Å². The van der Waals surface area contributed by atoms with Crippen molar-refractivity contribution in [2.75, 3.05) is 0 Å². The molecule has 0 saturated heterocycles. The summed E-state index contributed by atoms with van der Waals surface area (Å²) < 4.78 is 0. The first kappa shape index (κ1) is 32.4. The largest absolute Gasteiger partial charge is 4.00 e. The summed E-state index contributed by atoms with van der Waals surface area (Å²) in [6, 6.07) is 0. The molecule has 0 heterocycles. The molecule has 0 spiro atoms. The molecule has 19 heavy (non-hydrogen) atoms. The zero-order chi connectivity index (χ0) is 13.6. The molecule has 0 nitrogen and oxygen atoms in total. The van der Waals surface area contributed by atoms with Gasteiger partial charge in [0.05, 0.1) is 0 Å². The van der Waals surface area contributed by atoms with Gasteiger partial charge in [0, 0.05) is 0 Å². The first-order valence-corrected chi connectivity index (χ1v) is 6.62. The molecule has 0 aromatic carbocycles. The Kier molecular flexibility index (Phi) is 24.6. The Labute approximate surface area is 155 Å². The SMILES string of the molecule is CCC(C)(C)[C-](C)C.CCC(C)(C)[C-](C)C.[Cl-].[Cl-].[Zr+4]. The van der Waals surface area contributed by atoms with Gasteiger partial charge < -0.3 is 36.6 Å². The Morgan fingerprint density at radius 2 is 0.789 bits per heavy atom. The minimum absolute atomic E-state index is 0. The first-order valence-electron chi connectivity index (χ1n) is 6.62. The van der Waals surface area contributed by atoms with Gasteiger partial charge in [0.1, 0.15) is 0 Å². The zero-order valence-electron chi connectivity index (χ0n) is 14.7. The second-order valence-electron chi connectivity index (χ2n) is 6.47. The Hall–Kier alpha value is 1.46. The third kappa shape index (κ3) is 15.7. The summed E-state index contributed by atoms with van der Waals surface area (Å²) in [5.74, 6) is 3.06. The second kappa shape index (κ2) is 14.4. The molecule has 3 heteroatoms. The maximum absolute atomic E-state index is 2.28. The van der Waals surface area contributed by atoms with Gasteiger partial charge >= 0.3 is 26.2 Å². The molecular formula is C16H34Cl2Zr. The molecule has 0 aliphatic heterocycles. The molecular weight excluding hydrogens is 354 g/mol. The zero-order valence-corrected chi connectivity index (χ0v) is 18.6. The van der Waals surface area contributed by atoms with Crippen molar-refractivity contribution in [1.82, 2.24) is 0 Å². The van der Waals surface area contributed by atoms with E-state index in [0.717, 1.165) is 0 Å². The van der Waals surface area contributed by atoms with Crippen molar-refractivity contribution in [3.05, 3.63) is 11.8 Å². The number of rotatable bonds is 4. The average Bonchev–Trinajstić information content (AvgIpc) is 2.18. The fraction of sp³-hybridized carbons (Fsp3) is 0.875. The number of hydrogen-bond acceptors (Lipinski definition) is 0. The third-order valence-electron chi connectivity index (χ3n) is 4.47. The van der Waals surface area contributed by atoms with Crippen LogP contribution >= 0.6 is 0 Å². The topological polar surface area (TPSA) is 0 Å². The van der Waals surface area contributed by atoms with Crippen LogP contribution in [0.4, 0.5) is 0 Å². The van der Waals surface area contributed by atoms with Crippen LogP contribution < -0.4 is 24.8 Å². The Morgan fingerprint density at radius 1 is 0.632 bits per heavy atom. The summed E-state index contributed by atoms with van der Waals surface area (Å²) in [6.45, 7) is 22.4. The van der Waals surface area contributed by atoms with Crippen LogP contribution in [-0.4, -0.2) is 0 Å². The molecule has 0 unspecified atom stereocenters. The van der Waals surface area contributed by atoms with Crippen LogP contribution in [0.25, 0.3) is 0 Å². The van der Waals surface area contributed by atoms with E-state index >= 15 is 0 Å². The van der Waals surface area contributed by atoms with Crippen LogP contribution in [0.15, 0.2) is 0 Å². The van der Waals surface area contributed by atoms with Gasteiger partial charge in [-0.2, -0.15) is 38.5 Å². The molecule has 0 N–H and O–H groups in total. The monoisotopic (exact) mass is 386 g/mol. The van der Waals surface area contributed by atoms with Crippen LogP contribution in [0.1, 0.15) is 82.1 Å². The normalized spacial score (nSPS) is 10.7. The molecule has 116 valence electrons. The van der Waals surface area contributed by atoms with Crippen LogP contribution in [0.3, 0.4) is 0 Å². The van der Waals surface area contributed by atoms with E-state index in [-0.39, 0.29) is 51.0 Å². The van der Waals surface area contributed by atoms with Crippen molar-refractivity contribution in [2.45, 2.75) is 82.1 Å². The van der Waals surface area contributed by atoms with Crippen molar-refractivity contribution in [3.8, 4) is 0 Å². The Bertz CT molecular complexity index is 156.